The van der Waals surface area contributed by atoms with Gasteiger partial charge in [0.15, 0.2) is 0 Å². The number of hydrogen-bond acceptors (Lipinski definition) is 4. The summed E-state index contributed by atoms with van der Waals surface area (Å²) in [5.41, 5.74) is 0.573. The summed E-state index contributed by atoms with van der Waals surface area (Å²) in [6.45, 7) is 4.04. The van der Waals surface area contributed by atoms with Gasteiger partial charge in [-0.1, -0.05) is 19.9 Å². The fourth-order valence-corrected chi connectivity index (χ4v) is 1.87. The van der Waals surface area contributed by atoms with E-state index < -0.39 is 17.8 Å². The molecule has 4 amide bonds. The quantitative estimate of drug-likeness (QED) is 0.599. The monoisotopic (exact) mass is 261 g/mol. The molecule has 6 nitrogen and oxygen atoms in total. The summed E-state index contributed by atoms with van der Waals surface area (Å²) in [4.78, 5) is 41.6. The lowest BCUT2D eigenvalue weighted by molar-refractivity contribution is -0.143. The second-order valence-electron chi connectivity index (χ2n) is 4.80. The van der Waals surface area contributed by atoms with Crippen molar-refractivity contribution >= 4 is 17.8 Å². The molecule has 2 heterocycles. The normalized spacial score (nSPS) is 15.8. The first-order chi connectivity index (χ1) is 9.00. The number of carbonyl (C=O) groups is 3. The smallest absolute Gasteiger partial charge is 0.263 e. The number of imide groups is 2. The van der Waals surface area contributed by atoms with Crippen LogP contribution < -0.4 is 0 Å². The number of hydrogen-bond donors (Lipinski definition) is 0. The number of amides is 4. The highest BCUT2D eigenvalue weighted by molar-refractivity contribution is 6.44. The molecule has 0 unspecified atom stereocenters. The Kier molecular flexibility index (Phi) is 3.59. The lowest BCUT2D eigenvalue weighted by Crippen LogP contribution is -2.35. The van der Waals surface area contributed by atoms with Crippen molar-refractivity contribution in [2.75, 3.05) is 6.54 Å². The lowest BCUT2D eigenvalue weighted by atomic mass is 10.2. The summed E-state index contributed by atoms with van der Waals surface area (Å²) in [6, 6.07) is 4.65. The molecule has 1 aromatic rings. The number of carbonyl (C=O) groups excluding carboxylic acids is 3. The van der Waals surface area contributed by atoms with Gasteiger partial charge in [-0.3, -0.25) is 19.5 Å². The van der Waals surface area contributed by atoms with Gasteiger partial charge in [-0.05, 0) is 18.1 Å². The summed E-state index contributed by atoms with van der Waals surface area (Å²) in [5.74, 6) is -1.42. The molecule has 1 fully saturated rings. The molecule has 0 spiro atoms. The van der Waals surface area contributed by atoms with Crippen LogP contribution in [0.25, 0.3) is 0 Å². The largest absolute Gasteiger partial charge is 0.334 e. The average molecular weight is 261 g/mol. The Morgan fingerprint density at radius 2 is 1.79 bits per heavy atom. The first-order valence-electron chi connectivity index (χ1n) is 6.08. The number of pyridine rings is 1. The van der Waals surface area contributed by atoms with Crippen LogP contribution in [0.1, 0.15) is 19.5 Å². The SMILES string of the molecule is CC(C)CN1C(=O)C(=O)N(Cc2ccccn2)C1=O. The molecule has 0 aromatic carbocycles. The molecule has 1 aromatic heterocycles. The van der Waals surface area contributed by atoms with Crippen LogP contribution in [-0.2, 0) is 16.1 Å². The molecule has 0 bridgehead atoms. The van der Waals surface area contributed by atoms with E-state index in [4.69, 9.17) is 0 Å². The molecule has 0 aliphatic carbocycles. The van der Waals surface area contributed by atoms with Gasteiger partial charge in [0.1, 0.15) is 0 Å². The minimum absolute atomic E-state index is 0.0266. The lowest BCUT2D eigenvalue weighted by Gasteiger charge is -2.16. The first-order valence-corrected chi connectivity index (χ1v) is 6.08. The minimum atomic E-state index is -0.781. The third-order valence-electron chi connectivity index (χ3n) is 2.73. The van der Waals surface area contributed by atoms with Crippen LogP contribution in [0.5, 0.6) is 0 Å². The zero-order chi connectivity index (χ0) is 14.0. The molecule has 19 heavy (non-hydrogen) atoms. The number of aromatic nitrogens is 1. The van der Waals surface area contributed by atoms with Crippen LogP contribution in [0.15, 0.2) is 24.4 Å². The van der Waals surface area contributed by atoms with Crippen molar-refractivity contribution in [3.63, 3.8) is 0 Å². The first kappa shape index (κ1) is 13.2. The summed E-state index contributed by atoms with van der Waals surface area (Å²) < 4.78 is 0. The van der Waals surface area contributed by atoms with Gasteiger partial charge in [-0.2, -0.15) is 0 Å². The van der Waals surface area contributed by atoms with Crippen molar-refractivity contribution < 1.29 is 14.4 Å². The number of nitrogens with zero attached hydrogens (tertiary/aromatic N) is 3. The predicted molar refractivity (Wildman–Crippen MR) is 66.7 cm³/mol. The van der Waals surface area contributed by atoms with E-state index in [1.54, 1.807) is 24.4 Å². The van der Waals surface area contributed by atoms with Gasteiger partial charge in [-0.15, -0.1) is 0 Å². The summed E-state index contributed by atoms with van der Waals surface area (Å²) in [5, 5.41) is 0. The van der Waals surface area contributed by atoms with E-state index in [0.717, 1.165) is 9.80 Å². The molecule has 0 radical (unpaired) electrons. The maximum absolute atomic E-state index is 12.0. The fraction of sp³-hybridized carbons (Fsp3) is 0.385. The Hall–Kier alpha value is -2.24. The van der Waals surface area contributed by atoms with E-state index in [-0.39, 0.29) is 19.0 Å². The molecule has 1 saturated heterocycles. The molecule has 0 atom stereocenters. The average Bonchev–Trinajstić information content (AvgIpc) is 2.57. The molecule has 0 saturated carbocycles. The topological polar surface area (TPSA) is 70.6 Å². The molecule has 1 aliphatic rings. The van der Waals surface area contributed by atoms with Crippen molar-refractivity contribution in [3.8, 4) is 0 Å². The number of rotatable bonds is 4. The molecule has 100 valence electrons. The van der Waals surface area contributed by atoms with Crippen molar-refractivity contribution in [1.29, 1.82) is 0 Å². The van der Waals surface area contributed by atoms with E-state index in [2.05, 4.69) is 4.98 Å². The van der Waals surface area contributed by atoms with Crippen LogP contribution >= 0.6 is 0 Å². The van der Waals surface area contributed by atoms with Crippen molar-refractivity contribution in [3.05, 3.63) is 30.1 Å². The van der Waals surface area contributed by atoms with Gasteiger partial charge in [0, 0.05) is 12.7 Å². The van der Waals surface area contributed by atoms with Crippen LogP contribution in [0.3, 0.4) is 0 Å². The molecular formula is C13H15N3O3. The maximum atomic E-state index is 12.0. The number of urea groups is 1. The molecular weight excluding hydrogens is 246 g/mol. The zero-order valence-electron chi connectivity index (χ0n) is 10.9. The van der Waals surface area contributed by atoms with E-state index in [9.17, 15) is 14.4 Å². The van der Waals surface area contributed by atoms with Crippen molar-refractivity contribution in [2.24, 2.45) is 5.92 Å². The zero-order valence-corrected chi connectivity index (χ0v) is 10.9. The Bertz CT molecular complexity index is 513. The predicted octanol–water partition coefficient (Wildman–Crippen LogP) is 1.03. The van der Waals surface area contributed by atoms with Crippen LogP contribution in [0, 0.1) is 5.92 Å². The summed E-state index contributed by atoms with van der Waals surface area (Å²) >= 11 is 0. The Labute approximate surface area is 111 Å². The van der Waals surface area contributed by atoms with E-state index in [1.165, 1.54) is 0 Å². The Morgan fingerprint density at radius 3 is 2.37 bits per heavy atom. The minimum Gasteiger partial charge on any atom is -0.263 e. The standard InChI is InChI=1S/C13H15N3O3/c1-9(2)7-15-11(17)12(18)16(13(15)19)8-10-5-3-4-6-14-10/h3-6,9H,7-8H2,1-2H3. The van der Waals surface area contributed by atoms with Gasteiger partial charge in [0.25, 0.3) is 0 Å². The highest BCUT2D eigenvalue weighted by Gasteiger charge is 2.44. The van der Waals surface area contributed by atoms with Crippen molar-refractivity contribution in [1.82, 2.24) is 14.8 Å². The molecule has 2 rings (SSSR count). The second-order valence-corrected chi connectivity index (χ2v) is 4.80. The highest BCUT2D eigenvalue weighted by atomic mass is 16.2. The molecule has 0 N–H and O–H groups in total. The van der Waals surface area contributed by atoms with Gasteiger partial charge in [-0.25, -0.2) is 9.69 Å². The summed E-state index contributed by atoms with van der Waals surface area (Å²) in [7, 11) is 0. The molecule has 1 aliphatic heterocycles. The third-order valence-corrected chi connectivity index (χ3v) is 2.73. The van der Waals surface area contributed by atoms with E-state index in [0.29, 0.717) is 5.69 Å². The van der Waals surface area contributed by atoms with Crippen LogP contribution in [-0.4, -0.2) is 39.2 Å². The molecule has 6 heteroatoms. The summed E-state index contributed by atoms with van der Waals surface area (Å²) in [6.07, 6.45) is 1.58. The van der Waals surface area contributed by atoms with Gasteiger partial charge in [0.05, 0.1) is 12.2 Å². The van der Waals surface area contributed by atoms with E-state index in [1.807, 2.05) is 13.8 Å². The highest BCUT2D eigenvalue weighted by Crippen LogP contribution is 2.16. The van der Waals surface area contributed by atoms with Gasteiger partial charge in [0.2, 0.25) is 0 Å². The second kappa shape index (κ2) is 5.17. The van der Waals surface area contributed by atoms with E-state index >= 15 is 0 Å². The fourth-order valence-electron chi connectivity index (χ4n) is 1.87. The Balaban J connectivity index is 2.16. The van der Waals surface area contributed by atoms with Crippen LogP contribution in [0.4, 0.5) is 4.79 Å². The Morgan fingerprint density at radius 1 is 1.11 bits per heavy atom. The van der Waals surface area contributed by atoms with Crippen LogP contribution in [0.2, 0.25) is 0 Å². The third kappa shape index (κ3) is 2.62. The maximum Gasteiger partial charge on any atom is 0.334 e. The van der Waals surface area contributed by atoms with Gasteiger partial charge >= 0.3 is 17.8 Å². The van der Waals surface area contributed by atoms with Crippen molar-refractivity contribution in [2.45, 2.75) is 20.4 Å². The van der Waals surface area contributed by atoms with Gasteiger partial charge < -0.3 is 0 Å².